The Hall–Kier alpha value is -2.88. The van der Waals surface area contributed by atoms with Gasteiger partial charge in [-0.25, -0.2) is 9.18 Å². The minimum absolute atomic E-state index is 0. The van der Waals surface area contributed by atoms with Crippen molar-refractivity contribution in [2.24, 2.45) is 0 Å². The van der Waals surface area contributed by atoms with Gasteiger partial charge >= 0.3 is 12.1 Å². The molecule has 11 heteroatoms. The van der Waals surface area contributed by atoms with E-state index < -0.39 is 11.9 Å². The van der Waals surface area contributed by atoms with Gasteiger partial charge in [-0.15, -0.1) is 12.4 Å². The average Bonchev–Trinajstić information content (AvgIpc) is 2.76. The number of para-hydroxylation sites is 1. The molecule has 8 nitrogen and oxygen atoms in total. The van der Waals surface area contributed by atoms with Gasteiger partial charge in [-0.2, -0.15) is 9.97 Å². The molecular weight excluding hydrogens is 472 g/mol. The number of piperazine rings is 1. The summed E-state index contributed by atoms with van der Waals surface area (Å²) in [5.74, 6) is -0.360. The smallest absolute Gasteiger partial charge is 0.418 e. The summed E-state index contributed by atoms with van der Waals surface area (Å²) in [5, 5.41) is 3.47. The normalized spacial score (nSPS) is 16.2. The Morgan fingerprint density at radius 1 is 1.21 bits per heavy atom. The first-order chi connectivity index (χ1) is 15.4. The number of ether oxygens (including phenoxy) is 2. The highest BCUT2D eigenvalue weighted by Crippen LogP contribution is 2.26. The van der Waals surface area contributed by atoms with Crippen LogP contribution in [0.15, 0.2) is 42.5 Å². The number of hydrogen-bond acceptors (Lipinski definition) is 7. The SMILES string of the molecule is C[C@@H]1CN(C)CCN1C(=O)Oc1nc(OCNc2cccc(Cl)c2F)c2ccccc2n1.Cl. The third-order valence-electron chi connectivity index (χ3n) is 5.21. The number of likely N-dealkylation sites (N-methyl/N-ethyl adjacent to an activating group) is 1. The zero-order valence-corrected chi connectivity index (χ0v) is 19.7. The van der Waals surface area contributed by atoms with Crippen molar-refractivity contribution in [3.8, 4) is 11.9 Å². The molecule has 0 spiro atoms. The van der Waals surface area contributed by atoms with Gasteiger partial charge in [0, 0.05) is 25.7 Å². The zero-order chi connectivity index (χ0) is 22.7. The van der Waals surface area contributed by atoms with Crippen molar-refractivity contribution in [3.63, 3.8) is 0 Å². The van der Waals surface area contributed by atoms with Crippen LogP contribution < -0.4 is 14.8 Å². The van der Waals surface area contributed by atoms with Gasteiger partial charge in [-0.3, -0.25) is 0 Å². The Morgan fingerprint density at radius 3 is 2.79 bits per heavy atom. The molecule has 0 radical (unpaired) electrons. The van der Waals surface area contributed by atoms with E-state index in [1.54, 1.807) is 29.2 Å². The minimum Gasteiger partial charge on any atom is -0.456 e. The van der Waals surface area contributed by atoms with E-state index in [-0.39, 0.29) is 47.8 Å². The van der Waals surface area contributed by atoms with Crippen LogP contribution in [0.5, 0.6) is 11.9 Å². The molecule has 33 heavy (non-hydrogen) atoms. The van der Waals surface area contributed by atoms with Gasteiger partial charge in [0.2, 0.25) is 5.88 Å². The highest BCUT2D eigenvalue weighted by Gasteiger charge is 2.28. The summed E-state index contributed by atoms with van der Waals surface area (Å²) in [6, 6.07) is 11.7. The van der Waals surface area contributed by atoms with Crippen molar-refractivity contribution in [1.82, 2.24) is 19.8 Å². The van der Waals surface area contributed by atoms with Crippen LogP contribution in [0, 0.1) is 5.82 Å². The summed E-state index contributed by atoms with van der Waals surface area (Å²) in [6.07, 6.45) is -0.508. The minimum atomic E-state index is -0.568. The molecule has 1 saturated heterocycles. The van der Waals surface area contributed by atoms with Crippen LogP contribution in [0.2, 0.25) is 5.02 Å². The first-order valence-corrected chi connectivity index (χ1v) is 10.5. The fourth-order valence-electron chi connectivity index (χ4n) is 3.55. The van der Waals surface area contributed by atoms with Gasteiger partial charge in [-0.05, 0) is 38.2 Å². The predicted octanol–water partition coefficient (Wildman–Crippen LogP) is 4.43. The molecule has 176 valence electrons. The van der Waals surface area contributed by atoms with Gasteiger partial charge in [0.05, 0.1) is 21.6 Å². The molecule has 0 bridgehead atoms. The number of anilines is 1. The lowest BCUT2D eigenvalue weighted by molar-refractivity contribution is 0.0871. The number of nitrogens with zero attached hydrogens (tertiary/aromatic N) is 4. The van der Waals surface area contributed by atoms with Gasteiger partial charge in [0.25, 0.3) is 0 Å². The quantitative estimate of drug-likeness (QED) is 0.524. The van der Waals surface area contributed by atoms with E-state index >= 15 is 0 Å². The number of nitrogens with one attached hydrogen (secondary N) is 1. The molecular formula is C22H24Cl2FN5O3. The van der Waals surface area contributed by atoms with Crippen LogP contribution in [0.25, 0.3) is 10.9 Å². The summed E-state index contributed by atoms with van der Waals surface area (Å²) in [7, 11) is 2.01. The second kappa shape index (κ2) is 10.8. The summed E-state index contributed by atoms with van der Waals surface area (Å²) >= 11 is 5.81. The van der Waals surface area contributed by atoms with Crippen LogP contribution in [-0.2, 0) is 0 Å². The Balaban J connectivity index is 0.00000306. The molecule has 1 N–H and O–H groups in total. The second-order valence-corrected chi connectivity index (χ2v) is 7.98. The highest BCUT2D eigenvalue weighted by atomic mass is 35.5. The number of carbonyl (C=O) groups excluding carboxylic acids is 1. The Kier molecular flexibility index (Phi) is 8.12. The van der Waals surface area contributed by atoms with E-state index in [1.807, 2.05) is 26.1 Å². The highest BCUT2D eigenvalue weighted by molar-refractivity contribution is 6.31. The summed E-state index contributed by atoms with van der Waals surface area (Å²) in [5.41, 5.74) is 0.757. The maximum Gasteiger partial charge on any atom is 0.418 e. The second-order valence-electron chi connectivity index (χ2n) is 7.57. The molecule has 1 aliphatic heterocycles. The lowest BCUT2D eigenvalue weighted by atomic mass is 10.2. The number of benzene rings is 2. The molecule has 1 fully saturated rings. The maximum atomic E-state index is 14.1. The molecule has 0 saturated carbocycles. The van der Waals surface area contributed by atoms with E-state index in [0.29, 0.717) is 17.4 Å². The summed E-state index contributed by atoms with van der Waals surface area (Å²) in [4.78, 5) is 25.1. The van der Waals surface area contributed by atoms with E-state index in [4.69, 9.17) is 21.1 Å². The first kappa shape index (κ1) is 24.8. The predicted molar refractivity (Wildman–Crippen MR) is 127 cm³/mol. The monoisotopic (exact) mass is 495 g/mol. The summed E-state index contributed by atoms with van der Waals surface area (Å²) in [6.45, 7) is 3.96. The van der Waals surface area contributed by atoms with Crippen LogP contribution in [0.3, 0.4) is 0 Å². The number of fused-ring (bicyclic) bond motifs is 1. The number of halogens is 3. The molecule has 1 amide bonds. The number of rotatable bonds is 5. The number of aromatic nitrogens is 2. The fraction of sp³-hybridized carbons (Fsp3) is 0.318. The van der Waals surface area contributed by atoms with Crippen LogP contribution >= 0.6 is 24.0 Å². The van der Waals surface area contributed by atoms with E-state index in [9.17, 15) is 9.18 Å². The molecule has 1 aromatic heterocycles. The van der Waals surface area contributed by atoms with Gasteiger partial charge < -0.3 is 24.6 Å². The molecule has 3 aromatic rings. The molecule has 2 heterocycles. The lowest BCUT2D eigenvalue weighted by Crippen LogP contribution is -2.53. The van der Waals surface area contributed by atoms with Gasteiger partial charge in [0.1, 0.15) is 0 Å². The number of carbonyl (C=O) groups is 1. The average molecular weight is 496 g/mol. The first-order valence-electron chi connectivity index (χ1n) is 10.2. The molecule has 0 unspecified atom stereocenters. The van der Waals surface area contributed by atoms with E-state index in [1.165, 1.54) is 6.07 Å². The molecule has 2 aromatic carbocycles. The van der Waals surface area contributed by atoms with Gasteiger partial charge in [-0.1, -0.05) is 29.8 Å². The third kappa shape index (κ3) is 5.73. The number of hydrogen-bond donors (Lipinski definition) is 1. The van der Waals surface area contributed by atoms with Crippen molar-refractivity contribution in [1.29, 1.82) is 0 Å². The standard InChI is InChI=1S/C22H23ClFN5O3.ClH/c1-14-12-28(2)10-11-29(14)22(30)32-21-26-17-8-4-3-6-15(17)20(27-21)31-13-25-18-9-5-7-16(23)19(18)24;/h3-9,14,25H,10-13H2,1-2H3;1H/t14-;/m1./s1. The molecule has 1 atom stereocenters. The molecule has 4 rings (SSSR count). The van der Waals surface area contributed by atoms with Crippen LogP contribution in [-0.4, -0.2) is 65.3 Å². The lowest BCUT2D eigenvalue weighted by Gasteiger charge is -2.37. The van der Waals surface area contributed by atoms with Crippen molar-refractivity contribution in [2.75, 3.05) is 38.7 Å². The van der Waals surface area contributed by atoms with Crippen molar-refractivity contribution in [3.05, 3.63) is 53.3 Å². The molecule has 0 aliphatic carbocycles. The Labute approximate surface area is 202 Å². The fourth-order valence-corrected chi connectivity index (χ4v) is 3.73. The zero-order valence-electron chi connectivity index (χ0n) is 18.1. The van der Waals surface area contributed by atoms with Gasteiger partial charge in [0.15, 0.2) is 12.5 Å². The van der Waals surface area contributed by atoms with Crippen molar-refractivity contribution in [2.45, 2.75) is 13.0 Å². The summed E-state index contributed by atoms with van der Waals surface area (Å²) < 4.78 is 25.3. The van der Waals surface area contributed by atoms with Crippen molar-refractivity contribution < 1.29 is 18.7 Å². The largest absolute Gasteiger partial charge is 0.456 e. The Morgan fingerprint density at radius 2 is 2.00 bits per heavy atom. The Bertz CT molecular complexity index is 1140. The molecule has 1 aliphatic rings. The topological polar surface area (TPSA) is 79.8 Å². The van der Waals surface area contributed by atoms with Crippen LogP contribution in [0.4, 0.5) is 14.9 Å². The number of amides is 1. The van der Waals surface area contributed by atoms with Crippen LogP contribution in [0.1, 0.15) is 6.92 Å². The third-order valence-corrected chi connectivity index (χ3v) is 5.51. The maximum absolute atomic E-state index is 14.1. The van der Waals surface area contributed by atoms with Crippen molar-refractivity contribution >= 4 is 46.7 Å². The van der Waals surface area contributed by atoms with E-state index in [0.717, 1.165) is 13.1 Å². The van der Waals surface area contributed by atoms with E-state index in [2.05, 4.69) is 20.2 Å².